The number of nitrogens with zero attached hydrogens (tertiary/aromatic N) is 1. The fraction of sp³-hybridized carbons (Fsp3) is 0.364. The molecule has 0 radical (unpaired) electrons. The van der Waals surface area contributed by atoms with Gasteiger partial charge in [0.15, 0.2) is 0 Å². The molecule has 0 bridgehead atoms. The normalized spacial score (nSPS) is 16.0. The first-order valence-electron chi connectivity index (χ1n) is 8.56. The summed E-state index contributed by atoms with van der Waals surface area (Å²) in [6.45, 7) is 5.01. The molecule has 0 amide bonds. The van der Waals surface area contributed by atoms with Crippen molar-refractivity contribution < 1.29 is 5.11 Å². The van der Waals surface area contributed by atoms with E-state index in [-0.39, 0.29) is 5.92 Å². The molecule has 0 aliphatic heterocycles. The van der Waals surface area contributed by atoms with Crippen molar-refractivity contribution in [3.05, 3.63) is 77.4 Å². The summed E-state index contributed by atoms with van der Waals surface area (Å²) in [6, 6.07) is 20.5. The fourth-order valence-electron chi connectivity index (χ4n) is 3.23. The molecule has 2 aromatic rings. The first kappa shape index (κ1) is 18.4. The van der Waals surface area contributed by atoms with Gasteiger partial charge in [0.05, 0.1) is 5.60 Å². The molecular weight excluding hydrogens is 294 g/mol. The molecule has 0 aromatic heterocycles. The van der Waals surface area contributed by atoms with Gasteiger partial charge >= 0.3 is 0 Å². The van der Waals surface area contributed by atoms with Gasteiger partial charge in [0, 0.05) is 18.9 Å². The van der Waals surface area contributed by atoms with Crippen molar-refractivity contribution in [3.63, 3.8) is 0 Å². The molecule has 2 heteroatoms. The fourth-order valence-corrected chi connectivity index (χ4v) is 3.23. The maximum absolute atomic E-state index is 11.6. The van der Waals surface area contributed by atoms with E-state index in [0.717, 1.165) is 23.2 Å². The average molecular weight is 323 g/mol. The Bertz CT molecular complexity index is 648. The lowest BCUT2D eigenvalue weighted by Gasteiger charge is -2.37. The van der Waals surface area contributed by atoms with Crippen LogP contribution in [0.15, 0.2) is 66.2 Å². The number of hydrogen-bond donors (Lipinski definition) is 1. The molecule has 24 heavy (non-hydrogen) atoms. The van der Waals surface area contributed by atoms with Gasteiger partial charge in [0.2, 0.25) is 0 Å². The molecule has 2 aromatic carbocycles. The van der Waals surface area contributed by atoms with Gasteiger partial charge in [-0.1, -0.05) is 73.7 Å². The molecule has 0 aliphatic carbocycles. The zero-order chi connectivity index (χ0) is 17.6. The standard InChI is InChI=1S/C22H29NO/c1-18(15-20-11-7-5-8-12-20)22(24,19(2)17-23(3)4)16-21-13-9-6-10-14-21/h5-15,19,24H,16-17H2,1-4H3/b18-15+. The predicted molar refractivity (Wildman–Crippen MR) is 103 cm³/mol. The molecular formula is C22H29NO. The monoisotopic (exact) mass is 323 g/mol. The molecule has 0 heterocycles. The summed E-state index contributed by atoms with van der Waals surface area (Å²) in [6.07, 6.45) is 2.73. The lowest BCUT2D eigenvalue weighted by atomic mass is 9.77. The van der Waals surface area contributed by atoms with Crippen molar-refractivity contribution >= 4 is 6.08 Å². The first-order valence-corrected chi connectivity index (χ1v) is 8.56. The van der Waals surface area contributed by atoms with Crippen LogP contribution in [0.4, 0.5) is 0 Å². The van der Waals surface area contributed by atoms with E-state index >= 15 is 0 Å². The highest BCUT2D eigenvalue weighted by atomic mass is 16.3. The molecule has 0 saturated carbocycles. The SMILES string of the molecule is C/C(=C\c1ccccc1)C(O)(Cc1ccccc1)C(C)CN(C)C. The Morgan fingerprint density at radius 1 is 1.04 bits per heavy atom. The van der Waals surface area contributed by atoms with Crippen LogP contribution in [-0.2, 0) is 6.42 Å². The van der Waals surface area contributed by atoms with E-state index in [1.807, 2.05) is 43.3 Å². The molecule has 128 valence electrons. The highest BCUT2D eigenvalue weighted by molar-refractivity contribution is 5.54. The molecule has 2 rings (SSSR count). The zero-order valence-corrected chi connectivity index (χ0v) is 15.2. The Morgan fingerprint density at radius 2 is 1.58 bits per heavy atom. The molecule has 0 saturated heterocycles. The number of hydrogen-bond acceptors (Lipinski definition) is 2. The van der Waals surface area contributed by atoms with E-state index in [9.17, 15) is 5.11 Å². The quantitative estimate of drug-likeness (QED) is 0.823. The van der Waals surface area contributed by atoms with Crippen LogP contribution in [0, 0.1) is 5.92 Å². The van der Waals surface area contributed by atoms with Gasteiger partial charge < -0.3 is 10.0 Å². The largest absolute Gasteiger partial charge is 0.385 e. The van der Waals surface area contributed by atoms with Crippen molar-refractivity contribution in [2.75, 3.05) is 20.6 Å². The summed E-state index contributed by atoms with van der Waals surface area (Å²) in [5.74, 6) is 0.118. The summed E-state index contributed by atoms with van der Waals surface area (Å²) in [4.78, 5) is 2.14. The van der Waals surface area contributed by atoms with Crippen LogP contribution in [0.1, 0.15) is 25.0 Å². The van der Waals surface area contributed by atoms with Crippen molar-refractivity contribution in [2.24, 2.45) is 5.92 Å². The van der Waals surface area contributed by atoms with E-state index in [4.69, 9.17) is 0 Å². The highest BCUT2D eigenvalue weighted by Crippen LogP contribution is 2.32. The maximum Gasteiger partial charge on any atom is 0.0935 e. The second-order valence-electron chi connectivity index (χ2n) is 6.99. The van der Waals surface area contributed by atoms with E-state index < -0.39 is 5.60 Å². The summed E-state index contributed by atoms with van der Waals surface area (Å²) < 4.78 is 0. The Balaban J connectivity index is 2.36. The highest BCUT2D eigenvalue weighted by Gasteiger charge is 2.35. The van der Waals surface area contributed by atoms with Crippen LogP contribution in [0.5, 0.6) is 0 Å². The van der Waals surface area contributed by atoms with Gasteiger partial charge in [-0.15, -0.1) is 0 Å². The van der Waals surface area contributed by atoms with E-state index in [1.165, 1.54) is 0 Å². The third-order valence-electron chi connectivity index (χ3n) is 4.64. The Morgan fingerprint density at radius 3 is 2.12 bits per heavy atom. The van der Waals surface area contributed by atoms with Crippen molar-refractivity contribution in [2.45, 2.75) is 25.9 Å². The summed E-state index contributed by atoms with van der Waals surface area (Å²) >= 11 is 0. The van der Waals surface area contributed by atoms with Crippen LogP contribution < -0.4 is 0 Å². The summed E-state index contributed by atoms with van der Waals surface area (Å²) in [5, 5.41) is 11.6. The molecule has 2 unspecified atom stereocenters. The summed E-state index contributed by atoms with van der Waals surface area (Å²) in [5.41, 5.74) is 2.42. The van der Waals surface area contributed by atoms with E-state index in [0.29, 0.717) is 6.42 Å². The van der Waals surface area contributed by atoms with E-state index in [2.05, 4.69) is 56.3 Å². The zero-order valence-electron chi connectivity index (χ0n) is 15.2. The molecule has 2 atom stereocenters. The van der Waals surface area contributed by atoms with Crippen LogP contribution in [0.3, 0.4) is 0 Å². The van der Waals surface area contributed by atoms with Crippen molar-refractivity contribution in [1.82, 2.24) is 4.90 Å². The van der Waals surface area contributed by atoms with Gasteiger partial charge in [0.1, 0.15) is 0 Å². The molecule has 2 nitrogen and oxygen atoms in total. The second kappa shape index (κ2) is 8.27. The third-order valence-corrected chi connectivity index (χ3v) is 4.64. The number of rotatable bonds is 7. The topological polar surface area (TPSA) is 23.5 Å². The van der Waals surface area contributed by atoms with E-state index in [1.54, 1.807) is 0 Å². The van der Waals surface area contributed by atoms with Crippen LogP contribution in [0.25, 0.3) is 6.08 Å². The minimum absolute atomic E-state index is 0.118. The Hall–Kier alpha value is -1.90. The molecule has 0 fully saturated rings. The van der Waals surface area contributed by atoms with Crippen LogP contribution >= 0.6 is 0 Å². The maximum atomic E-state index is 11.6. The minimum atomic E-state index is -0.874. The molecule has 1 N–H and O–H groups in total. The van der Waals surface area contributed by atoms with Gasteiger partial charge in [-0.3, -0.25) is 0 Å². The lowest BCUT2D eigenvalue weighted by Crippen LogP contribution is -2.44. The Kier molecular flexibility index (Phi) is 6.36. The second-order valence-corrected chi connectivity index (χ2v) is 6.99. The number of benzene rings is 2. The van der Waals surface area contributed by atoms with Crippen molar-refractivity contribution in [1.29, 1.82) is 0 Å². The molecule has 0 aliphatic rings. The lowest BCUT2D eigenvalue weighted by molar-refractivity contribution is 0.0150. The van der Waals surface area contributed by atoms with Gasteiger partial charge in [-0.25, -0.2) is 0 Å². The first-order chi connectivity index (χ1) is 11.4. The van der Waals surface area contributed by atoms with Crippen LogP contribution in [0.2, 0.25) is 0 Å². The van der Waals surface area contributed by atoms with Gasteiger partial charge in [-0.2, -0.15) is 0 Å². The summed E-state index contributed by atoms with van der Waals surface area (Å²) in [7, 11) is 4.10. The van der Waals surface area contributed by atoms with Crippen LogP contribution in [-0.4, -0.2) is 36.2 Å². The molecule has 0 spiro atoms. The average Bonchev–Trinajstić information content (AvgIpc) is 2.56. The smallest absolute Gasteiger partial charge is 0.0935 e. The Labute approximate surface area is 146 Å². The van der Waals surface area contributed by atoms with Gasteiger partial charge in [-0.05, 0) is 37.7 Å². The third kappa shape index (κ3) is 4.80. The predicted octanol–water partition coefficient (Wildman–Crippen LogP) is 4.26. The minimum Gasteiger partial charge on any atom is -0.385 e. The number of aliphatic hydroxyl groups is 1. The van der Waals surface area contributed by atoms with Gasteiger partial charge in [0.25, 0.3) is 0 Å². The van der Waals surface area contributed by atoms with Crippen molar-refractivity contribution in [3.8, 4) is 0 Å².